The highest BCUT2D eigenvalue weighted by Crippen LogP contribution is 2.22. The number of rotatable bonds is 7. The van der Waals surface area contributed by atoms with Crippen molar-refractivity contribution in [1.82, 2.24) is 25.2 Å². The highest BCUT2D eigenvalue weighted by Gasteiger charge is 2.13. The number of nitrogens with one attached hydrogen (secondary N) is 1. The largest absolute Gasteiger partial charge is 0.355 e. The molecule has 0 radical (unpaired) electrons. The first-order chi connectivity index (χ1) is 13.0. The van der Waals surface area contributed by atoms with Crippen molar-refractivity contribution >= 4 is 40.9 Å². The number of halogens is 2. The van der Waals surface area contributed by atoms with Crippen LogP contribution in [0.25, 0.3) is 11.4 Å². The zero-order valence-electron chi connectivity index (χ0n) is 14.1. The number of nitrogens with two attached hydrogens (primary N) is 1. The number of nitrogens with zero attached hydrogens (tertiary/aromatic N) is 4. The van der Waals surface area contributed by atoms with Crippen LogP contribution in [0.3, 0.4) is 0 Å². The Labute approximate surface area is 170 Å². The van der Waals surface area contributed by atoms with E-state index >= 15 is 0 Å². The third-order valence-corrected chi connectivity index (χ3v) is 5.18. The van der Waals surface area contributed by atoms with Crippen LogP contribution >= 0.6 is 35.0 Å². The minimum atomic E-state index is -0.129. The van der Waals surface area contributed by atoms with Gasteiger partial charge >= 0.3 is 0 Å². The van der Waals surface area contributed by atoms with Crippen molar-refractivity contribution in [2.75, 3.05) is 18.1 Å². The van der Waals surface area contributed by atoms with Gasteiger partial charge in [-0.3, -0.25) is 9.78 Å². The van der Waals surface area contributed by atoms with E-state index in [1.807, 2.05) is 12.1 Å². The molecule has 140 valence electrons. The molecular formula is C17H16Cl2N6OS. The number of nitrogen functional groups attached to an aromatic ring is 1. The van der Waals surface area contributed by atoms with Gasteiger partial charge in [-0.2, -0.15) is 0 Å². The summed E-state index contributed by atoms with van der Waals surface area (Å²) in [6.07, 6.45) is 3.93. The zero-order chi connectivity index (χ0) is 19.2. The van der Waals surface area contributed by atoms with Crippen LogP contribution in [0.4, 0.5) is 0 Å². The molecule has 0 unspecified atom stereocenters. The van der Waals surface area contributed by atoms with E-state index in [2.05, 4.69) is 20.5 Å². The minimum Gasteiger partial charge on any atom is -0.355 e. The number of thioether (sulfide) groups is 1. The van der Waals surface area contributed by atoms with Crippen LogP contribution in [0.5, 0.6) is 0 Å². The minimum absolute atomic E-state index is 0.129. The van der Waals surface area contributed by atoms with Gasteiger partial charge in [0, 0.05) is 34.5 Å². The van der Waals surface area contributed by atoms with Crippen LogP contribution in [0.2, 0.25) is 10.0 Å². The number of pyridine rings is 1. The Morgan fingerprint density at radius 2 is 2.11 bits per heavy atom. The van der Waals surface area contributed by atoms with Crippen molar-refractivity contribution in [2.45, 2.75) is 11.6 Å². The molecule has 1 amide bonds. The van der Waals surface area contributed by atoms with Gasteiger partial charge in [-0.1, -0.05) is 41.0 Å². The number of benzene rings is 1. The summed E-state index contributed by atoms with van der Waals surface area (Å²) in [6, 6.07) is 8.93. The van der Waals surface area contributed by atoms with Crippen LogP contribution in [0.1, 0.15) is 5.56 Å². The molecule has 27 heavy (non-hydrogen) atoms. The molecule has 0 spiro atoms. The fraction of sp³-hybridized carbons (Fsp3) is 0.176. The van der Waals surface area contributed by atoms with Gasteiger partial charge in [-0.05, 0) is 36.2 Å². The van der Waals surface area contributed by atoms with Gasteiger partial charge in [0.15, 0.2) is 5.82 Å². The van der Waals surface area contributed by atoms with Gasteiger partial charge in [0.05, 0.1) is 5.75 Å². The van der Waals surface area contributed by atoms with E-state index in [0.29, 0.717) is 34.0 Å². The molecule has 3 N–H and O–H groups in total. The predicted octanol–water partition coefficient (Wildman–Crippen LogP) is 2.81. The summed E-state index contributed by atoms with van der Waals surface area (Å²) in [5, 5.41) is 12.5. The Balaban J connectivity index is 1.49. The molecule has 2 heterocycles. The maximum atomic E-state index is 12.0. The van der Waals surface area contributed by atoms with E-state index in [9.17, 15) is 4.79 Å². The quantitative estimate of drug-likeness (QED) is 0.448. The van der Waals surface area contributed by atoms with Gasteiger partial charge in [-0.15, -0.1) is 10.2 Å². The third-order valence-electron chi connectivity index (χ3n) is 3.65. The van der Waals surface area contributed by atoms with Gasteiger partial charge in [0.2, 0.25) is 11.1 Å². The van der Waals surface area contributed by atoms with Crippen LogP contribution < -0.4 is 11.2 Å². The maximum Gasteiger partial charge on any atom is 0.230 e. The Bertz CT molecular complexity index is 934. The molecule has 0 aliphatic carbocycles. The average molecular weight is 423 g/mol. The maximum absolute atomic E-state index is 12.0. The second kappa shape index (κ2) is 9.07. The summed E-state index contributed by atoms with van der Waals surface area (Å²) >= 11 is 13.2. The molecule has 7 nitrogen and oxygen atoms in total. The van der Waals surface area contributed by atoms with Crippen LogP contribution in [0.15, 0.2) is 47.9 Å². The Morgan fingerprint density at radius 3 is 2.85 bits per heavy atom. The molecule has 2 aromatic heterocycles. The number of amides is 1. The number of carbonyl (C=O) groups is 1. The first kappa shape index (κ1) is 19.5. The van der Waals surface area contributed by atoms with Crippen molar-refractivity contribution in [3.63, 3.8) is 0 Å². The Kier molecular flexibility index (Phi) is 6.54. The summed E-state index contributed by atoms with van der Waals surface area (Å²) in [7, 11) is 0. The lowest BCUT2D eigenvalue weighted by Gasteiger charge is -2.07. The van der Waals surface area contributed by atoms with Crippen molar-refractivity contribution in [3.05, 3.63) is 58.3 Å². The van der Waals surface area contributed by atoms with Crippen molar-refractivity contribution in [3.8, 4) is 11.4 Å². The molecule has 0 bridgehead atoms. The second-order valence-corrected chi connectivity index (χ2v) is 7.33. The molecule has 10 heteroatoms. The first-order valence-corrected chi connectivity index (χ1v) is 9.73. The van der Waals surface area contributed by atoms with E-state index < -0.39 is 0 Å². The van der Waals surface area contributed by atoms with Gasteiger partial charge in [0.25, 0.3) is 0 Å². The van der Waals surface area contributed by atoms with E-state index in [0.717, 1.165) is 11.1 Å². The molecule has 3 aromatic rings. The fourth-order valence-electron chi connectivity index (χ4n) is 2.31. The number of hydrogen-bond donors (Lipinski definition) is 2. The van der Waals surface area contributed by atoms with Crippen molar-refractivity contribution in [2.24, 2.45) is 0 Å². The van der Waals surface area contributed by atoms with E-state index in [4.69, 9.17) is 29.0 Å². The number of aromatic nitrogens is 4. The lowest BCUT2D eigenvalue weighted by atomic mass is 10.1. The summed E-state index contributed by atoms with van der Waals surface area (Å²) in [5.41, 5.74) is 1.68. The summed E-state index contributed by atoms with van der Waals surface area (Å²) < 4.78 is 1.35. The van der Waals surface area contributed by atoms with E-state index in [-0.39, 0.29) is 11.7 Å². The van der Waals surface area contributed by atoms with Crippen molar-refractivity contribution < 1.29 is 4.79 Å². The number of carbonyl (C=O) groups excluding carboxylic acids is 1. The molecule has 0 fully saturated rings. The smallest absolute Gasteiger partial charge is 0.230 e. The zero-order valence-corrected chi connectivity index (χ0v) is 16.4. The third kappa shape index (κ3) is 5.12. The lowest BCUT2D eigenvalue weighted by molar-refractivity contribution is -0.118. The van der Waals surface area contributed by atoms with Crippen molar-refractivity contribution in [1.29, 1.82) is 0 Å². The molecule has 0 atom stereocenters. The highest BCUT2D eigenvalue weighted by atomic mass is 35.5. The van der Waals surface area contributed by atoms with Gasteiger partial charge in [-0.25, -0.2) is 4.68 Å². The van der Waals surface area contributed by atoms with Gasteiger partial charge in [0.1, 0.15) is 0 Å². The summed E-state index contributed by atoms with van der Waals surface area (Å²) in [4.78, 5) is 16.1. The van der Waals surface area contributed by atoms with Crippen LogP contribution in [0, 0.1) is 0 Å². The standard InChI is InChI=1S/C17H16Cl2N6OS/c18-13-4-3-11(14(19)8-13)5-7-22-15(26)10-27-17-24-23-16(25(17)20)12-2-1-6-21-9-12/h1-4,6,8-9H,5,7,10,20H2,(H,22,26). The monoisotopic (exact) mass is 422 g/mol. The molecule has 1 aromatic carbocycles. The molecule has 0 saturated carbocycles. The highest BCUT2D eigenvalue weighted by molar-refractivity contribution is 7.99. The Hall–Kier alpha value is -2.29. The average Bonchev–Trinajstić information content (AvgIpc) is 3.03. The second-order valence-electron chi connectivity index (χ2n) is 5.54. The topological polar surface area (TPSA) is 98.7 Å². The fourth-order valence-corrected chi connectivity index (χ4v) is 3.50. The first-order valence-electron chi connectivity index (χ1n) is 7.99. The van der Waals surface area contributed by atoms with E-state index in [1.165, 1.54) is 16.4 Å². The van der Waals surface area contributed by atoms with E-state index in [1.54, 1.807) is 30.6 Å². The molecule has 3 rings (SSSR count). The SMILES string of the molecule is Nn1c(SCC(=O)NCCc2ccc(Cl)cc2Cl)nnc1-c1cccnc1. The number of hydrogen-bond acceptors (Lipinski definition) is 6. The van der Waals surface area contributed by atoms with Crippen LogP contribution in [-0.2, 0) is 11.2 Å². The van der Waals surface area contributed by atoms with Gasteiger partial charge < -0.3 is 11.2 Å². The predicted molar refractivity (Wildman–Crippen MR) is 107 cm³/mol. The van der Waals surface area contributed by atoms with Crippen LogP contribution in [-0.4, -0.2) is 38.1 Å². The Morgan fingerprint density at radius 1 is 1.26 bits per heavy atom. The molecular weight excluding hydrogens is 407 g/mol. The molecule has 0 aliphatic rings. The summed E-state index contributed by atoms with van der Waals surface area (Å²) in [6.45, 7) is 0.469. The normalized spacial score (nSPS) is 10.7. The lowest BCUT2D eigenvalue weighted by Crippen LogP contribution is -2.27. The summed E-state index contributed by atoms with van der Waals surface area (Å²) in [5.74, 6) is 6.55. The molecule has 0 aliphatic heterocycles. The molecule has 0 saturated heterocycles.